The molecule has 1 saturated carbocycles. The Balaban J connectivity index is 2.02. The maximum Gasteiger partial charge on any atom is 0.0809 e. The van der Waals surface area contributed by atoms with E-state index in [-0.39, 0.29) is 12.7 Å². The number of hydrogen-bond donors (Lipinski definition) is 1. The molecule has 1 aliphatic carbocycles. The van der Waals surface area contributed by atoms with Gasteiger partial charge in [-0.05, 0) is 19.3 Å². The second-order valence-corrected chi connectivity index (χ2v) is 3.28. The highest BCUT2D eigenvalue weighted by molar-refractivity contribution is 4.75. The van der Waals surface area contributed by atoms with Gasteiger partial charge in [-0.15, -0.1) is 0 Å². The summed E-state index contributed by atoms with van der Waals surface area (Å²) in [7, 11) is 0. The minimum Gasteiger partial charge on any atom is -0.394 e. The van der Waals surface area contributed by atoms with Crippen molar-refractivity contribution in [1.29, 1.82) is 0 Å². The molecule has 1 unspecified atom stereocenters. The molecule has 2 heteroatoms. The van der Waals surface area contributed by atoms with Gasteiger partial charge in [0.25, 0.3) is 0 Å². The van der Waals surface area contributed by atoms with Crippen molar-refractivity contribution in [2.75, 3.05) is 6.61 Å². The van der Waals surface area contributed by atoms with Crippen molar-refractivity contribution in [2.24, 2.45) is 0 Å². The van der Waals surface area contributed by atoms with Gasteiger partial charge in [0.05, 0.1) is 18.8 Å². The summed E-state index contributed by atoms with van der Waals surface area (Å²) in [5.41, 5.74) is 0. The largest absolute Gasteiger partial charge is 0.394 e. The van der Waals surface area contributed by atoms with Crippen molar-refractivity contribution < 1.29 is 9.84 Å². The van der Waals surface area contributed by atoms with Crippen LogP contribution < -0.4 is 0 Å². The van der Waals surface area contributed by atoms with Crippen LogP contribution in [0.15, 0.2) is 0 Å². The van der Waals surface area contributed by atoms with E-state index in [0.717, 1.165) is 12.8 Å². The Morgan fingerprint density at radius 1 is 1.55 bits per heavy atom. The number of ether oxygens (including phenoxy) is 1. The Morgan fingerprint density at radius 2 is 2.27 bits per heavy atom. The van der Waals surface area contributed by atoms with Gasteiger partial charge in [-0.2, -0.15) is 0 Å². The fourth-order valence-electron chi connectivity index (χ4n) is 1.11. The second kappa shape index (κ2) is 4.73. The lowest BCUT2D eigenvalue weighted by Crippen LogP contribution is -2.18. The molecule has 1 atom stereocenters. The van der Waals surface area contributed by atoms with Gasteiger partial charge in [0.1, 0.15) is 0 Å². The third kappa shape index (κ3) is 3.73. The fraction of sp³-hybridized carbons (Fsp3) is 1.00. The summed E-state index contributed by atoms with van der Waals surface area (Å²) < 4.78 is 5.56. The van der Waals surface area contributed by atoms with E-state index in [0.29, 0.717) is 6.10 Å². The Morgan fingerprint density at radius 3 is 2.73 bits per heavy atom. The van der Waals surface area contributed by atoms with Crippen LogP contribution in [-0.2, 0) is 4.74 Å². The smallest absolute Gasteiger partial charge is 0.0809 e. The van der Waals surface area contributed by atoms with Crippen LogP contribution in [0.4, 0.5) is 0 Å². The van der Waals surface area contributed by atoms with Crippen molar-refractivity contribution in [3.8, 4) is 0 Å². The number of unbranched alkanes of at least 4 members (excludes halogenated alkanes) is 1. The van der Waals surface area contributed by atoms with Gasteiger partial charge in [-0.25, -0.2) is 0 Å². The molecule has 1 N–H and O–H groups in total. The Bertz CT molecular complexity index is 99.7. The average molecular weight is 158 g/mol. The SMILES string of the molecule is CCCCC(CO)OC1CC1. The monoisotopic (exact) mass is 158 g/mol. The maximum atomic E-state index is 8.90. The van der Waals surface area contributed by atoms with E-state index in [1.165, 1.54) is 19.3 Å². The first-order chi connectivity index (χ1) is 5.36. The first kappa shape index (κ1) is 9.01. The molecule has 0 amide bonds. The van der Waals surface area contributed by atoms with Gasteiger partial charge in [0.15, 0.2) is 0 Å². The molecule has 2 nitrogen and oxygen atoms in total. The lowest BCUT2D eigenvalue weighted by atomic mass is 10.2. The summed E-state index contributed by atoms with van der Waals surface area (Å²) in [5.74, 6) is 0. The van der Waals surface area contributed by atoms with Crippen LogP contribution in [0.2, 0.25) is 0 Å². The number of aliphatic hydroxyl groups is 1. The molecule has 0 bridgehead atoms. The minimum atomic E-state index is 0.113. The predicted octanol–water partition coefficient (Wildman–Crippen LogP) is 1.72. The van der Waals surface area contributed by atoms with Gasteiger partial charge < -0.3 is 9.84 Å². The summed E-state index contributed by atoms with van der Waals surface area (Å²) in [6.45, 7) is 2.35. The Hall–Kier alpha value is -0.0800. The molecule has 1 rings (SSSR count). The molecule has 0 aliphatic heterocycles. The minimum absolute atomic E-state index is 0.113. The van der Waals surface area contributed by atoms with Gasteiger partial charge >= 0.3 is 0 Å². The average Bonchev–Trinajstić information content (AvgIpc) is 2.81. The van der Waals surface area contributed by atoms with Gasteiger partial charge in [-0.3, -0.25) is 0 Å². The van der Waals surface area contributed by atoms with E-state index >= 15 is 0 Å². The van der Waals surface area contributed by atoms with Crippen LogP contribution in [0.3, 0.4) is 0 Å². The molecule has 0 aromatic carbocycles. The summed E-state index contributed by atoms with van der Waals surface area (Å²) in [6.07, 6.45) is 6.35. The van der Waals surface area contributed by atoms with E-state index in [1.54, 1.807) is 0 Å². The fourth-order valence-corrected chi connectivity index (χ4v) is 1.11. The normalized spacial score (nSPS) is 20.2. The van der Waals surface area contributed by atoms with Gasteiger partial charge in [0.2, 0.25) is 0 Å². The van der Waals surface area contributed by atoms with Gasteiger partial charge in [-0.1, -0.05) is 19.8 Å². The zero-order valence-electron chi connectivity index (χ0n) is 7.25. The summed E-state index contributed by atoms with van der Waals surface area (Å²) >= 11 is 0. The van der Waals surface area contributed by atoms with E-state index in [2.05, 4.69) is 6.92 Å². The molecule has 66 valence electrons. The molecule has 0 spiro atoms. The summed E-state index contributed by atoms with van der Waals surface area (Å²) in [4.78, 5) is 0. The van der Waals surface area contributed by atoms with E-state index in [9.17, 15) is 0 Å². The van der Waals surface area contributed by atoms with Crippen molar-refractivity contribution in [1.82, 2.24) is 0 Å². The van der Waals surface area contributed by atoms with Crippen LogP contribution in [0.5, 0.6) is 0 Å². The van der Waals surface area contributed by atoms with Crippen LogP contribution >= 0.6 is 0 Å². The first-order valence-corrected chi connectivity index (χ1v) is 4.63. The summed E-state index contributed by atoms with van der Waals surface area (Å²) in [6, 6.07) is 0. The highest BCUT2D eigenvalue weighted by atomic mass is 16.5. The standard InChI is InChI=1S/C9H18O2/c1-2-3-4-9(7-10)11-8-5-6-8/h8-10H,2-7H2,1H3. The number of aliphatic hydroxyl groups excluding tert-OH is 1. The predicted molar refractivity (Wildman–Crippen MR) is 44.5 cm³/mol. The molecule has 0 radical (unpaired) electrons. The molecule has 0 heterocycles. The first-order valence-electron chi connectivity index (χ1n) is 4.63. The molecule has 11 heavy (non-hydrogen) atoms. The molecule has 0 aromatic heterocycles. The second-order valence-electron chi connectivity index (χ2n) is 3.28. The van der Waals surface area contributed by atoms with Crippen LogP contribution in [0, 0.1) is 0 Å². The highest BCUT2D eigenvalue weighted by Crippen LogP contribution is 2.26. The Kier molecular flexibility index (Phi) is 3.87. The quantitative estimate of drug-likeness (QED) is 0.637. The zero-order chi connectivity index (χ0) is 8.10. The van der Waals surface area contributed by atoms with Gasteiger partial charge in [0, 0.05) is 0 Å². The number of rotatable bonds is 6. The lowest BCUT2D eigenvalue weighted by molar-refractivity contribution is -0.00351. The highest BCUT2D eigenvalue weighted by Gasteiger charge is 2.25. The van der Waals surface area contributed by atoms with E-state index in [1.807, 2.05) is 0 Å². The topological polar surface area (TPSA) is 29.5 Å². The molecule has 1 fully saturated rings. The van der Waals surface area contributed by atoms with E-state index < -0.39 is 0 Å². The molecular formula is C9H18O2. The third-order valence-electron chi connectivity index (χ3n) is 1.99. The van der Waals surface area contributed by atoms with Crippen molar-refractivity contribution in [3.63, 3.8) is 0 Å². The molecule has 0 saturated heterocycles. The molecule has 0 aromatic rings. The van der Waals surface area contributed by atoms with Crippen molar-refractivity contribution in [3.05, 3.63) is 0 Å². The zero-order valence-corrected chi connectivity index (χ0v) is 7.25. The number of hydrogen-bond acceptors (Lipinski definition) is 2. The molecular weight excluding hydrogens is 140 g/mol. The van der Waals surface area contributed by atoms with E-state index in [4.69, 9.17) is 9.84 Å². The van der Waals surface area contributed by atoms with Crippen LogP contribution in [0.1, 0.15) is 39.0 Å². The molecule has 1 aliphatic rings. The van der Waals surface area contributed by atoms with Crippen LogP contribution in [-0.4, -0.2) is 23.9 Å². The summed E-state index contributed by atoms with van der Waals surface area (Å²) in [5, 5.41) is 8.90. The van der Waals surface area contributed by atoms with Crippen LogP contribution in [0.25, 0.3) is 0 Å². The third-order valence-corrected chi connectivity index (χ3v) is 1.99. The maximum absolute atomic E-state index is 8.90. The Labute approximate surface area is 68.6 Å². The van der Waals surface area contributed by atoms with Crippen molar-refractivity contribution in [2.45, 2.75) is 51.2 Å². The van der Waals surface area contributed by atoms with Crippen molar-refractivity contribution >= 4 is 0 Å². The lowest BCUT2D eigenvalue weighted by Gasteiger charge is -2.13.